The molecule has 3 atom stereocenters. The standard InChI is InChI=1S/C12H16N2O3S/c1-6-5-18-11(13-6)7(2)14-10(15)8-3-4-9(8)12(16)17/h5,7-9H,3-4H2,1-2H3,(H,14,15)(H,16,17). The third-order valence-corrected chi connectivity index (χ3v) is 4.44. The number of nitrogens with one attached hydrogen (secondary N) is 1. The molecule has 1 amide bonds. The van der Waals surface area contributed by atoms with Crippen molar-refractivity contribution >= 4 is 23.2 Å². The molecule has 1 heterocycles. The van der Waals surface area contributed by atoms with E-state index >= 15 is 0 Å². The number of aryl methyl sites for hydroxylation is 1. The first kappa shape index (κ1) is 13.0. The van der Waals surface area contributed by atoms with Gasteiger partial charge in [0.2, 0.25) is 5.91 Å². The Morgan fingerprint density at radius 3 is 2.61 bits per heavy atom. The summed E-state index contributed by atoms with van der Waals surface area (Å²) in [6.45, 7) is 3.77. The summed E-state index contributed by atoms with van der Waals surface area (Å²) in [7, 11) is 0. The van der Waals surface area contributed by atoms with Crippen molar-refractivity contribution in [2.24, 2.45) is 11.8 Å². The largest absolute Gasteiger partial charge is 0.481 e. The zero-order valence-electron chi connectivity index (χ0n) is 10.3. The van der Waals surface area contributed by atoms with Crippen molar-refractivity contribution < 1.29 is 14.7 Å². The molecular weight excluding hydrogens is 252 g/mol. The number of nitrogens with zero attached hydrogens (tertiary/aromatic N) is 1. The predicted molar refractivity (Wildman–Crippen MR) is 67.3 cm³/mol. The molecule has 0 radical (unpaired) electrons. The average Bonchev–Trinajstić information content (AvgIpc) is 2.61. The zero-order valence-corrected chi connectivity index (χ0v) is 11.2. The van der Waals surface area contributed by atoms with Crippen molar-refractivity contribution in [2.75, 3.05) is 0 Å². The lowest BCUT2D eigenvalue weighted by molar-refractivity contribution is -0.152. The first-order chi connectivity index (χ1) is 8.49. The number of carbonyl (C=O) groups excluding carboxylic acids is 1. The Kier molecular flexibility index (Phi) is 3.65. The fourth-order valence-electron chi connectivity index (χ4n) is 2.06. The zero-order chi connectivity index (χ0) is 13.3. The van der Waals surface area contributed by atoms with Crippen LogP contribution in [-0.2, 0) is 9.59 Å². The van der Waals surface area contributed by atoms with Crippen LogP contribution < -0.4 is 5.32 Å². The summed E-state index contributed by atoms with van der Waals surface area (Å²) in [5.74, 6) is -1.95. The van der Waals surface area contributed by atoms with E-state index in [-0.39, 0.29) is 17.9 Å². The van der Waals surface area contributed by atoms with Gasteiger partial charge in [0.25, 0.3) is 0 Å². The second-order valence-electron chi connectivity index (χ2n) is 4.69. The van der Waals surface area contributed by atoms with Crippen molar-refractivity contribution in [1.29, 1.82) is 0 Å². The second-order valence-corrected chi connectivity index (χ2v) is 5.58. The van der Waals surface area contributed by atoms with Gasteiger partial charge in [0, 0.05) is 11.1 Å². The molecule has 3 unspecified atom stereocenters. The quantitative estimate of drug-likeness (QED) is 0.871. The molecule has 0 spiro atoms. The predicted octanol–water partition coefficient (Wildman–Crippen LogP) is 1.74. The normalized spacial score (nSPS) is 24.1. The smallest absolute Gasteiger partial charge is 0.307 e. The van der Waals surface area contributed by atoms with Crippen LogP contribution in [0.25, 0.3) is 0 Å². The minimum atomic E-state index is -0.876. The molecule has 0 aromatic carbocycles. The lowest BCUT2D eigenvalue weighted by atomic mass is 9.73. The number of aliphatic carboxylic acids is 1. The van der Waals surface area contributed by atoms with E-state index in [9.17, 15) is 9.59 Å². The summed E-state index contributed by atoms with van der Waals surface area (Å²) < 4.78 is 0. The summed E-state index contributed by atoms with van der Waals surface area (Å²) in [6.07, 6.45) is 1.25. The lowest BCUT2D eigenvalue weighted by Gasteiger charge is -2.32. The molecule has 5 nitrogen and oxygen atoms in total. The van der Waals surface area contributed by atoms with Gasteiger partial charge in [-0.3, -0.25) is 9.59 Å². The van der Waals surface area contributed by atoms with E-state index in [1.165, 1.54) is 11.3 Å². The molecule has 18 heavy (non-hydrogen) atoms. The van der Waals surface area contributed by atoms with Crippen LogP contribution in [0.4, 0.5) is 0 Å². The van der Waals surface area contributed by atoms with Gasteiger partial charge in [-0.25, -0.2) is 4.98 Å². The molecular formula is C12H16N2O3S. The van der Waals surface area contributed by atoms with Crippen molar-refractivity contribution in [3.8, 4) is 0 Å². The minimum absolute atomic E-state index is 0.161. The maximum Gasteiger partial charge on any atom is 0.307 e. The Balaban J connectivity index is 1.93. The Labute approximate surface area is 109 Å². The molecule has 1 saturated carbocycles. The Hall–Kier alpha value is -1.43. The van der Waals surface area contributed by atoms with E-state index in [4.69, 9.17) is 5.11 Å². The van der Waals surface area contributed by atoms with Gasteiger partial charge >= 0.3 is 5.97 Å². The summed E-state index contributed by atoms with van der Waals surface area (Å²) in [4.78, 5) is 27.1. The topological polar surface area (TPSA) is 79.3 Å². The number of carboxylic acid groups (broad SMARTS) is 1. The number of carbonyl (C=O) groups is 2. The molecule has 0 saturated heterocycles. The monoisotopic (exact) mass is 268 g/mol. The summed E-state index contributed by atoms with van der Waals surface area (Å²) >= 11 is 1.50. The second kappa shape index (κ2) is 5.06. The van der Waals surface area contributed by atoms with E-state index in [0.29, 0.717) is 12.8 Å². The van der Waals surface area contributed by atoms with Gasteiger partial charge in [0.05, 0.1) is 17.9 Å². The number of aromatic nitrogens is 1. The number of amides is 1. The first-order valence-electron chi connectivity index (χ1n) is 5.94. The van der Waals surface area contributed by atoms with Crippen molar-refractivity contribution in [3.63, 3.8) is 0 Å². The van der Waals surface area contributed by atoms with Crippen LogP contribution in [0.2, 0.25) is 0 Å². The number of hydrogen-bond acceptors (Lipinski definition) is 4. The Bertz CT molecular complexity index is 472. The van der Waals surface area contributed by atoms with Crippen LogP contribution >= 0.6 is 11.3 Å². The third-order valence-electron chi connectivity index (χ3n) is 3.29. The van der Waals surface area contributed by atoms with Gasteiger partial charge in [0.15, 0.2) is 0 Å². The molecule has 1 fully saturated rings. The molecule has 1 aliphatic carbocycles. The van der Waals surface area contributed by atoms with Gasteiger partial charge < -0.3 is 10.4 Å². The SMILES string of the molecule is Cc1csc(C(C)NC(=O)C2CCC2C(=O)O)n1. The van der Waals surface area contributed by atoms with Gasteiger partial charge in [-0.05, 0) is 26.7 Å². The van der Waals surface area contributed by atoms with Crippen LogP contribution in [0, 0.1) is 18.8 Å². The maximum atomic E-state index is 11.9. The molecule has 1 aromatic heterocycles. The highest BCUT2D eigenvalue weighted by atomic mass is 32.1. The maximum absolute atomic E-state index is 11.9. The van der Waals surface area contributed by atoms with Crippen molar-refractivity contribution in [2.45, 2.75) is 32.7 Å². The van der Waals surface area contributed by atoms with Gasteiger partial charge in [-0.2, -0.15) is 0 Å². The summed E-state index contributed by atoms with van der Waals surface area (Å²) in [5, 5.41) is 14.5. The van der Waals surface area contributed by atoms with Gasteiger partial charge in [-0.15, -0.1) is 11.3 Å². The van der Waals surface area contributed by atoms with Crippen molar-refractivity contribution in [1.82, 2.24) is 10.3 Å². The molecule has 1 aromatic rings. The van der Waals surface area contributed by atoms with Crippen LogP contribution in [-0.4, -0.2) is 22.0 Å². The highest BCUT2D eigenvalue weighted by Gasteiger charge is 2.41. The highest BCUT2D eigenvalue weighted by molar-refractivity contribution is 7.09. The highest BCUT2D eigenvalue weighted by Crippen LogP contribution is 2.35. The number of rotatable bonds is 4. The third kappa shape index (κ3) is 2.53. The van der Waals surface area contributed by atoms with Crippen LogP contribution in [0.3, 0.4) is 0 Å². The minimum Gasteiger partial charge on any atom is -0.481 e. The molecule has 0 bridgehead atoms. The molecule has 2 rings (SSSR count). The number of hydrogen-bond donors (Lipinski definition) is 2. The van der Waals surface area contributed by atoms with Crippen molar-refractivity contribution in [3.05, 3.63) is 16.1 Å². The van der Waals surface area contributed by atoms with Crippen LogP contribution in [0.15, 0.2) is 5.38 Å². The molecule has 6 heteroatoms. The molecule has 1 aliphatic rings. The van der Waals surface area contributed by atoms with E-state index in [1.807, 2.05) is 19.2 Å². The lowest BCUT2D eigenvalue weighted by Crippen LogP contribution is -2.44. The molecule has 98 valence electrons. The van der Waals surface area contributed by atoms with E-state index in [2.05, 4.69) is 10.3 Å². The Morgan fingerprint density at radius 1 is 1.50 bits per heavy atom. The fourth-order valence-corrected chi connectivity index (χ4v) is 2.87. The first-order valence-corrected chi connectivity index (χ1v) is 6.82. The van der Waals surface area contributed by atoms with Crippen LogP contribution in [0.5, 0.6) is 0 Å². The number of carboxylic acids is 1. The van der Waals surface area contributed by atoms with E-state index < -0.39 is 11.9 Å². The molecule has 2 N–H and O–H groups in total. The summed E-state index contributed by atoms with van der Waals surface area (Å²) in [6, 6.07) is -0.161. The number of thiazole rings is 1. The van der Waals surface area contributed by atoms with E-state index in [1.54, 1.807) is 0 Å². The molecule has 0 aliphatic heterocycles. The average molecular weight is 268 g/mol. The van der Waals surface area contributed by atoms with Gasteiger partial charge in [-0.1, -0.05) is 0 Å². The van der Waals surface area contributed by atoms with E-state index in [0.717, 1.165) is 10.7 Å². The van der Waals surface area contributed by atoms with Gasteiger partial charge in [0.1, 0.15) is 5.01 Å². The summed E-state index contributed by atoms with van der Waals surface area (Å²) in [5.41, 5.74) is 0.933. The fraction of sp³-hybridized carbons (Fsp3) is 0.583. The van der Waals surface area contributed by atoms with Crippen LogP contribution in [0.1, 0.15) is 36.5 Å². The Morgan fingerprint density at radius 2 is 2.17 bits per heavy atom.